The van der Waals surface area contributed by atoms with Crippen LogP contribution in [0, 0.1) is 13.8 Å². The second kappa shape index (κ2) is 8.96. The maximum absolute atomic E-state index is 12.3. The number of rotatable bonds is 8. The maximum atomic E-state index is 12.3. The lowest BCUT2D eigenvalue weighted by Crippen LogP contribution is -2.32. The van der Waals surface area contributed by atoms with Gasteiger partial charge in [-0.05, 0) is 48.6 Å². The number of carbonyl (C=O) groups is 1. The zero-order valence-corrected chi connectivity index (χ0v) is 16.3. The third kappa shape index (κ3) is 5.68. The fourth-order valence-corrected chi connectivity index (χ4v) is 3.63. The molecule has 140 valence electrons. The summed E-state index contributed by atoms with van der Waals surface area (Å²) in [6, 6.07) is 14.9. The fourth-order valence-electron chi connectivity index (χ4n) is 2.52. The Morgan fingerprint density at radius 3 is 2.38 bits per heavy atom. The molecule has 2 N–H and O–H groups in total. The van der Waals surface area contributed by atoms with Gasteiger partial charge >= 0.3 is 0 Å². The molecule has 0 saturated carbocycles. The van der Waals surface area contributed by atoms with Crippen molar-refractivity contribution in [3.05, 3.63) is 65.2 Å². The van der Waals surface area contributed by atoms with E-state index in [-0.39, 0.29) is 29.7 Å². The molecule has 6 heteroatoms. The number of hydrogen-bond donors (Lipinski definition) is 2. The molecule has 26 heavy (non-hydrogen) atoms. The highest BCUT2D eigenvalue weighted by Crippen LogP contribution is 2.15. The van der Waals surface area contributed by atoms with Crippen LogP contribution in [0.4, 0.5) is 0 Å². The molecule has 2 rings (SSSR count). The first-order chi connectivity index (χ1) is 12.3. The van der Waals surface area contributed by atoms with Crippen molar-refractivity contribution in [2.45, 2.75) is 38.0 Å². The molecular formula is C20H26N2O3S. The van der Waals surface area contributed by atoms with Gasteiger partial charge in [0.1, 0.15) is 0 Å². The van der Waals surface area contributed by atoms with Gasteiger partial charge in [-0.1, -0.05) is 43.3 Å². The molecule has 0 aromatic heterocycles. The Morgan fingerprint density at radius 1 is 1.04 bits per heavy atom. The average Bonchev–Trinajstić information content (AvgIpc) is 2.62. The van der Waals surface area contributed by atoms with E-state index in [1.807, 2.05) is 51.1 Å². The minimum atomic E-state index is -3.60. The lowest BCUT2D eigenvalue weighted by molar-refractivity contribution is -0.120. The van der Waals surface area contributed by atoms with Gasteiger partial charge in [0, 0.05) is 19.5 Å². The minimum absolute atomic E-state index is 0.0702. The summed E-state index contributed by atoms with van der Waals surface area (Å²) in [5, 5.41) is 2.85. The third-order valence-electron chi connectivity index (χ3n) is 4.41. The standard InChI is InChI=1S/C20H26N2O3S/c1-15-9-10-19(13-16(15)2)26(24,25)22-12-11-20(23)21-14-17(3)18-7-5-4-6-8-18/h4-10,13,17,22H,11-12,14H2,1-3H3,(H,21,23)/t17-/m0/s1. The van der Waals surface area contributed by atoms with Gasteiger partial charge in [0.25, 0.3) is 0 Å². The monoisotopic (exact) mass is 374 g/mol. The molecule has 2 aromatic carbocycles. The molecule has 1 atom stereocenters. The van der Waals surface area contributed by atoms with Crippen molar-refractivity contribution in [2.24, 2.45) is 0 Å². The van der Waals surface area contributed by atoms with E-state index in [1.165, 1.54) is 0 Å². The molecule has 0 aliphatic heterocycles. The van der Waals surface area contributed by atoms with E-state index in [4.69, 9.17) is 0 Å². The summed E-state index contributed by atoms with van der Waals surface area (Å²) < 4.78 is 27.1. The van der Waals surface area contributed by atoms with Gasteiger partial charge in [-0.2, -0.15) is 0 Å². The first-order valence-electron chi connectivity index (χ1n) is 8.68. The summed E-state index contributed by atoms with van der Waals surface area (Å²) in [6.07, 6.45) is 0.103. The second-order valence-corrected chi connectivity index (χ2v) is 8.28. The number of aryl methyl sites for hydroxylation is 2. The van der Waals surface area contributed by atoms with E-state index >= 15 is 0 Å². The van der Waals surface area contributed by atoms with Gasteiger partial charge in [0.05, 0.1) is 4.90 Å². The first-order valence-corrected chi connectivity index (χ1v) is 10.2. The number of sulfonamides is 1. The molecule has 2 aromatic rings. The van der Waals surface area contributed by atoms with Gasteiger partial charge in [-0.25, -0.2) is 13.1 Å². The Morgan fingerprint density at radius 2 is 1.73 bits per heavy atom. The summed E-state index contributed by atoms with van der Waals surface area (Å²) in [5.41, 5.74) is 3.11. The zero-order chi connectivity index (χ0) is 19.2. The Labute approximate surface area is 155 Å². The average molecular weight is 375 g/mol. The van der Waals surface area contributed by atoms with E-state index in [2.05, 4.69) is 10.0 Å². The molecule has 0 unspecified atom stereocenters. The topological polar surface area (TPSA) is 75.3 Å². The summed E-state index contributed by atoms with van der Waals surface area (Å²) >= 11 is 0. The zero-order valence-electron chi connectivity index (χ0n) is 15.5. The van der Waals surface area contributed by atoms with Crippen molar-refractivity contribution >= 4 is 15.9 Å². The van der Waals surface area contributed by atoms with Gasteiger partial charge < -0.3 is 5.32 Å². The Bertz CT molecular complexity index is 849. The molecule has 1 amide bonds. The Kier molecular flexibility index (Phi) is 6.94. The van der Waals surface area contributed by atoms with Gasteiger partial charge in [-0.15, -0.1) is 0 Å². The van der Waals surface area contributed by atoms with E-state index in [0.717, 1.165) is 16.7 Å². The number of nitrogens with one attached hydrogen (secondary N) is 2. The molecule has 0 radical (unpaired) electrons. The summed E-state index contributed by atoms with van der Waals surface area (Å²) in [4.78, 5) is 12.2. The summed E-state index contributed by atoms with van der Waals surface area (Å²) in [6.45, 7) is 6.43. The highest BCUT2D eigenvalue weighted by molar-refractivity contribution is 7.89. The lowest BCUT2D eigenvalue weighted by atomic mass is 10.0. The van der Waals surface area contributed by atoms with Crippen LogP contribution in [0.5, 0.6) is 0 Å². The molecular weight excluding hydrogens is 348 g/mol. The van der Waals surface area contributed by atoms with E-state index in [1.54, 1.807) is 18.2 Å². The molecule has 0 spiro atoms. The molecule has 0 heterocycles. The van der Waals surface area contributed by atoms with Crippen molar-refractivity contribution in [3.63, 3.8) is 0 Å². The molecule has 0 aliphatic carbocycles. The maximum Gasteiger partial charge on any atom is 0.240 e. The van der Waals surface area contributed by atoms with Crippen LogP contribution >= 0.6 is 0 Å². The van der Waals surface area contributed by atoms with Crippen molar-refractivity contribution in [1.82, 2.24) is 10.0 Å². The van der Waals surface area contributed by atoms with E-state index in [0.29, 0.717) is 6.54 Å². The fraction of sp³-hybridized carbons (Fsp3) is 0.350. The van der Waals surface area contributed by atoms with Crippen LogP contribution in [0.1, 0.15) is 36.0 Å². The SMILES string of the molecule is Cc1ccc(S(=O)(=O)NCCC(=O)NC[C@H](C)c2ccccc2)cc1C. The van der Waals surface area contributed by atoms with Gasteiger partial charge in [-0.3, -0.25) is 4.79 Å². The van der Waals surface area contributed by atoms with E-state index in [9.17, 15) is 13.2 Å². The molecule has 5 nitrogen and oxygen atoms in total. The first kappa shape index (κ1) is 20.1. The summed E-state index contributed by atoms with van der Waals surface area (Å²) in [5.74, 6) is 0.0305. The van der Waals surface area contributed by atoms with Crippen LogP contribution in [-0.2, 0) is 14.8 Å². The third-order valence-corrected chi connectivity index (χ3v) is 5.87. The van der Waals surface area contributed by atoms with Crippen LogP contribution in [0.3, 0.4) is 0 Å². The quantitative estimate of drug-likeness (QED) is 0.746. The van der Waals surface area contributed by atoms with Crippen LogP contribution in [0.15, 0.2) is 53.4 Å². The predicted molar refractivity (Wildman–Crippen MR) is 104 cm³/mol. The van der Waals surface area contributed by atoms with Crippen LogP contribution in [0.25, 0.3) is 0 Å². The number of benzene rings is 2. The highest BCUT2D eigenvalue weighted by Gasteiger charge is 2.15. The van der Waals surface area contributed by atoms with Crippen LogP contribution in [-0.4, -0.2) is 27.4 Å². The second-order valence-electron chi connectivity index (χ2n) is 6.51. The van der Waals surface area contributed by atoms with Crippen molar-refractivity contribution in [2.75, 3.05) is 13.1 Å². The normalized spacial score (nSPS) is 12.6. The predicted octanol–water partition coefficient (Wildman–Crippen LogP) is 2.89. The number of amides is 1. The van der Waals surface area contributed by atoms with Crippen molar-refractivity contribution in [1.29, 1.82) is 0 Å². The summed E-state index contributed by atoms with van der Waals surface area (Å²) in [7, 11) is -3.60. The van der Waals surface area contributed by atoms with Gasteiger partial charge in [0.15, 0.2) is 0 Å². The molecule has 0 fully saturated rings. The minimum Gasteiger partial charge on any atom is -0.355 e. The molecule has 0 bridgehead atoms. The van der Waals surface area contributed by atoms with Crippen molar-refractivity contribution < 1.29 is 13.2 Å². The largest absolute Gasteiger partial charge is 0.355 e. The van der Waals surface area contributed by atoms with E-state index < -0.39 is 10.0 Å². The molecule has 0 aliphatic rings. The van der Waals surface area contributed by atoms with Crippen LogP contribution < -0.4 is 10.0 Å². The molecule has 0 saturated heterocycles. The van der Waals surface area contributed by atoms with Crippen molar-refractivity contribution in [3.8, 4) is 0 Å². The lowest BCUT2D eigenvalue weighted by Gasteiger charge is -2.13. The van der Waals surface area contributed by atoms with Crippen LogP contribution in [0.2, 0.25) is 0 Å². The highest BCUT2D eigenvalue weighted by atomic mass is 32.2. The Balaban J connectivity index is 1.79. The number of hydrogen-bond acceptors (Lipinski definition) is 3. The smallest absolute Gasteiger partial charge is 0.240 e. The Hall–Kier alpha value is -2.18. The number of carbonyl (C=O) groups excluding carboxylic acids is 1. The van der Waals surface area contributed by atoms with Gasteiger partial charge in [0.2, 0.25) is 15.9 Å².